The standard InChI is InChI=1S/C13H16Cl3NO3S/c14-9-7-11(15)13(12(16)8-9)21(19,20)17(5-2-6-18)10-3-1-4-10/h7-8,10,18H,1-6H2. The molecule has 0 heterocycles. The maximum Gasteiger partial charge on any atom is 0.246 e. The molecule has 0 spiro atoms. The zero-order valence-electron chi connectivity index (χ0n) is 11.2. The molecule has 21 heavy (non-hydrogen) atoms. The summed E-state index contributed by atoms with van der Waals surface area (Å²) in [5.74, 6) is 0. The molecule has 1 fully saturated rings. The second-order valence-electron chi connectivity index (χ2n) is 4.98. The van der Waals surface area contributed by atoms with E-state index >= 15 is 0 Å². The second kappa shape index (κ2) is 7.02. The van der Waals surface area contributed by atoms with Crippen molar-refractivity contribution in [2.75, 3.05) is 13.2 Å². The third-order valence-electron chi connectivity index (χ3n) is 3.55. The lowest BCUT2D eigenvalue weighted by Crippen LogP contribution is -2.45. The molecule has 1 aromatic carbocycles. The van der Waals surface area contributed by atoms with Crippen molar-refractivity contribution in [3.63, 3.8) is 0 Å². The summed E-state index contributed by atoms with van der Waals surface area (Å²) in [6.45, 7) is 0.180. The first-order chi connectivity index (χ1) is 9.87. The van der Waals surface area contributed by atoms with Gasteiger partial charge in [-0.2, -0.15) is 4.31 Å². The van der Waals surface area contributed by atoms with Gasteiger partial charge >= 0.3 is 0 Å². The van der Waals surface area contributed by atoms with Crippen molar-refractivity contribution in [2.24, 2.45) is 0 Å². The molecule has 0 amide bonds. The number of sulfonamides is 1. The molecule has 0 saturated heterocycles. The van der Waals surface area contributed by atoms with Crippen molar-refractivity contribution in [2.45, 2.75) is 36.6 Å². The third-order valence-corrected chi connectivity index (χ3v) is 6.64. The molecule has 1 saturated carbocycles. The van der Waals surface area contributed by atoms with Crippen LogP contribution in [0.5, 0.6) is 0 Å². The van der Waals surface area contributed by atoms with Crippen molar-refractivity contribution in [1.82, 2.24) is 4.31 Å². The zero-order valence-corrected chi connectivity index (χ0v) is 14.3. The lowest BCUT2D eigenvalue weighted by molar-refractivity contribution is 0.198. The predicted octanol–water partition coefficient (Wildman–Crippen LogP) is 3.57. The minimum atomic E-state index is -3.81. The van der Waals surface area contributed by atoms with Crippen molar-refractivity contribution >= 4 is 44.8 Å². The molecule has 0 radical (unpaired) electrons. The fraction of sp³-hybridized carbons (Fsp3) is 0.538. The Kier molecular flexibility index (Phi) is 5.79. The summed E-state index contributed by atoms with van der Waals surface area (Å²) in [5.41, 5.74) is 0. The molecular weight excluding hydrogens is 357 g/mol. The Labute approximate surface area is 139 Å². The van der Waals surface area contributed by atoms with Gasteiger partial charge in [0.1, 0.15) is 4.90 Å². The smallest absolute Gasteiger partial charge is 0.246 e. The lowest BCUT2D eigenvalue weighted by Gasteiger charge is -2.36. The van der Waals surface area contributed by atoms with Crippen LogP contribution in [-0.4, -0.2) is 37.0 Å². The third kappa shape index (κ3) is 3.66. The molecule has 0 unspecified atom stereocenters. The lowest BCUT2D eigenvalue weighted by atomic mass is 9.93. The van der Waals surface area contributed by atoms with Crippen LogP contribution in [0.15, 0.2) is 17.0 Å². The van der Waals surface area contributed by atoms with Crippen LogP contribution in [-0.2, 0) is 10.0 Å². The molecule has 0 bridgehead atoms. The van der Waals surface area contributed by atoms with E-state index in [0.717, 1.165) is 19.3 Å². The van der Waals surface area contributed by atoms with Crippen LogP contribution in [0.4, 0.5) is 0 Å². The highest BCUT2D eigenvalue weighted by Gasteiger charge is 2.36. The zero-order chi connectivity index (χ0) is 15.6. The summed E-state index contributed by atoms with van der Waals surface area (Å²) in [4.78, 5) is -0.111. The number of aliphatic hydroxyl groups excluding tert-OH is 1. The quantitative estimate of drug-likeness (QED) is 0.830. The van der Waals surface area contributed by atoms with Gasteiger partial charge in [0.15, 0.2) is 0 Å². The van der Waals surface area contributed by atoms with E-state index in [9.17, 15) is 8.42 Å². The van der Waals surface area contributed by atoms with Crippen LogP contribution >= 0.6 is 34.8 Å². The Hall–Kier alpha value is -0.0400. The van der Waals surface area contributed by atoms with Crippen molar-refractivity contribution in [1.29, 1.82) is 0 Å². The van der Waals surface area contributed by atoms with Gasteiger partial charge in [-0.1, -0.05) is 41.2 Å². The van der Waals surface area contributed by atoms with Gasteiger partial charge in [-0.05, 0) is 31.4 Å². The molecule has 4 nitrogen and oxygen atoms in total. The Morgan fingerprint density at radius 3 is 2.19 bits per heavy atom. The summed E-state index contributed by atoms with van der Waals surface area (Å²) in [6.07, 6.45) is 3.00. The van der Waals surface area contributed by atoms with E-state index < -0.39 is 10.0 Å². The molecule has 1 aromatic rings. The van der Waals surface area contributed by atoms with E-state index in [1.165, 1.54) is 16.4 Å². The Morgan fingerprint density at radius 1 is 1.19 bits per heavy atom. The average Bonchev–Trinajstić information content (AvgIpc) is 2.29. The second-order valence-corrected chi connectivity index (χ2v) is 8.05. The minimum Gasteiger partial charge on any atom is -0.396 e. The van der Waals surface area contributed by atoms with Crippen LogP contribution in [0.25, 0.3) is 0 Å². The molecule has 0 aliphatic heterocycles. The van der Waals surface area contributed by atoms with Crippen molar-refractivity contribution < 1.29 is 13.5 Å². The Morgan fingerprint density at radius 2 is 1.76 bits per heavy atom. The van der Waals surface area contributed by atoms with Crippen LogP contribution in [0.1, 0.15) is 25.7 Å². The number of halogens is 3. The molecular formula is C13H16Cl3NO3S. The minimum absolute atomic E-state index is 0.0146. The first-order valence-electron chi connectivity index (χ1n) is 6.65. The summed E-state index contributed by atoms with van der Waals surface area (Å²) >= 11 is 17.9. The molecule has 8 heteroatoms. The summed E-state index contributed by atoms with van der Waals surface area (Å²) < 4.78 is 27.1. The first kappa shape index (κ1) is 17.3. The number of aliphatic hydroxyl groups is 1. The van der Waals surface area contributed by atoms with Crippen LogP contribution in [0, 0.1) is 0 Å². The molecule has 118 valence electrons. The monoisotopic (exact) mass is 371 g/mol. The van der Waals surface area contributed by atoms with Gasteiger partial charge in [0.25, 0.3) is 0 Å². The Balaban J connectivity index is 2.42. The van der Waals surface area contributed by atoms with E-state index in [-0.39, 0.29) is 39.2 Å². The predicted molar refractivity (Wildman–Crippen MR) is 84.7 cm³/mol. The molecule has 2 rings (SSSR count). The van der Waals surface area contributed by atoms with Gasteiger partial charge in [-0.15, -0.1) is 0 Å². The fourth-order valence-electron chi connectivity index (χ4n) is 2.29. The summed E-state index contributed by atoms with van der Waals surface area (Å²) in [7, 11) is -3.81. The van der Waals surface area contributed by atoms with Gasteiger partial charge in [-0.3, -0.25) is 0 Å². The van der Waals surface area contributed by atoms with Gasteiger partial charge in [0.2, 0.25) is 10.0 Å². The topological polar surface area (TPSA) is 57.6 Å². The fourth-order valence-corrected chi connectivity index (χ4v) is 5.51. The summed E-state index contributed by atoms with van der Waals surface area (Å²) in [5, 5.41) is 9.29. The highest BCUT2D eigenvalue weighted by Crippen LogP contribution is 2.37. The van der Waals surface area contributed by atoms with Crippen LogP contribution < -0.4 is 0 Å². The first-order valence-corrected chi connectivity index (χ1v) is 9.22. The van der Waals surface area contributed by atoms with E-state index in [1.807, 2.05) is 0 Å². The number of hydrogen-bond donors (Lipinski definition) is 1. The highest BCUT2D eigenvalue weighted by atomic mass is 35.5. The van der Waals surface area contributed by atoms with Gasteiger partial charge in [0, 0.05) is 24.2 Å². The van der Waals surface area contributed by atoms with E-state index in [0.29, 0.717) is 6.42 Å². The Bertz CT molecular complexity index is 594. The van der Waals surface area contributed by atoms with E-state index in [1.54, 1.807) is 0 Å². The number of rotatable bonds is 6. The van der Waals surface area contributed by atoms with Gasteiger partial charge in [0.05, 0.1) is 10.0 Å². The van der Waals surface area contributed by atoms with Crippen molar-refractivity contribution in [3.05, 3.63) is 27.2 Å². The molecule has 0 atom stereocenters. The highest BCUT2D eigenvalue weighted by molar-refractivity contribution is 7.89. The summed E-state index contributed by atoms with van der Waals surface area (Å²) in [6, 6.07) is 2.68. The number of nitrogens with zero attached hydrogens (tertiary/aromatic N) is 1. The van der Waals surface area contributed by atoms with E-state index in [2.05, 4.69) is 0 Å². The largest absolute Gasteiger partial charge is 0.396 e. The molecule has 1 aliphatic rings. The van der Waals surface area contributed by atoms with E-state index in [4.69, 9.17) is 39.9 Å². The maximum absolute atomic E-state index is 12.9. The number of benzene rings is 1. The molecule has 1 N–H and O–H groups in total. The molecule has 1 aliphatic carbocycles. The van der Waals surface area contributed by atoms with Crippen LogP contribution in [0.3, 0.4) is 0 Å². The number of hydrogen-bond acceptors (Lipinski definition) is 3. The van der Waals surface area contributed by atoms with Crippen molar-refractivity contribution in [3.8, 4) is 0 Å². The normalized spacial score (nSPS) is 16.2. The average molecular weight is 373 g/mol. The van der Waals surface area contributed by atoms with Gasteiger partial charge in [-0.25, -0.2) is 8.42 Å². The maximum atomic E-state index is 12.9. The van der Waals surface area contributed by atoms with Crippen LogP contribution in [0.2, 0.25) is 15.1 Å². The SMILES string of the molecule is O=S(=O)(c1c(Cl)cc(Cl)cc1Cl)N(CCCO)C1CCC1. The molecule has 0 aromatic heterocycles. The van der Waals surface area contributed by atoms with Gasteiger partial charge < -0.3 is 5.11 Å².